The van der Waals surface area contributed by atoms with Crippen molar-refractivity contribution < 1.29 is 26.7 Å². The molecule has 0 aliphatic carbocycles. The predicted octanol–water partition coefficient (Wildman–Crippen LogP) is 4.51. The van der Waals surface area contributed by atoms with Crippen molar-refractivity contribution in [3.8, 4) is 6.07 Å². The van der Waals surface area contributed by atoms with Crippen LogP contribution in [0.4, 0.5) is 22.0 Å². The van der Waals surface area contributed by atoms with E-state index in [1.165, 1.54) is 0 Å². The highest BCUT2D eigenvalue weighted by molar-refractivity contribution is 5.80. The van der Waals surface area contributed by atoms with Crippen molar-refractivity contribution in [2.45, 2.75) is 45.7 Å². The maximum atomic E-state index is 13.2. The molecular weight excluding hydrogens is 319 g/mol. The summed E-state index contributed by atoms with van der Waals surface area (Å²) in [6, 6.07) is 1.76. The molecule has 0 amide bonds. The van der Waals surface area contributed by atoms with E-state index in [0.29, 0.717) is 0 Å². The summed E-state index contributed by atoms with van der Waals surface area (Å²) in [5.74, 6) is -0.163. The summed E-state index contributed by atoms with van der Waals surface area (Å²) in [4.78, 5) is 14.2. The summed E-state index contributed by atoms with van der Waals surface area (Å²) in [6.07, 6.45) is -8.56. The van der Waals surface area contributed by atoms with Crippen molar-refractivity contribution in [3.63, 3.8) is 0 Å². The molecule has 8 heteroatoms. The first-order valence-electron chi connectivity index (χ1n) is 6.86. The third-order valence-corrected chi connectivity index (χ3v) is 3.18. The number of carbonyl (C=O) groups excluding carboxylic acids is 1. The molecule has 1 heterocycles. The molecule has 0 saturated carbocycles. The van der Waals surface area contributed by atoms with Gasteiger partial charge in [-0.05, 0) is 29.9 Å². The number of aldehydes is 1. The zero-order valence-corrected chi connectivity index (χ0v) is 12.5. The summed E-state index contributed by atoms with van der Waals surface area (Å²) >= 11 is 0. The highest BCUT2D eigenvalue weighted by Gasteiger charge is 2.39. The molecule has 0 fully saturated rings. The van der Waals surface area contributed by atoms with E-state index in [1.807, 2.05) is 0 Å². The fraction of sp³-hybridized carbons (Fsp3) is 0.533. The van der Waals surface area contributed by atoms with Gasteiger partial charge in [-0.1, -0.05) is 13.8 Å². The third kappa shape index (κ3) is 4.47. The second-order valence-electron chi connectivity index (χ2n) is 5.39. The van der Waals surface area contributed by atoms with Crippen LogP contribution in [0.2, 0.25) is 0 Å². The molecule has 1 rings (SSSR count). The summed E-state index contributed by atoms with van der Waals surface area (Å²) in [6.45, 7) is 3.39. The standard InChI is InChI=1S/C15H15F5N2O/c1-8(2)6-10-9(4-3-5-21)12(14(16)17)22-13(11(10)7-23)15(18,19)20/h7-8,14H,3-4,6H2,1-2H3. The molecule has 0 aromatic carbocycles. The lowest BCUT2D eigenvalue weighted by Crippen LogP contribution is -2.19. The molecule has 1 aromatic heterocycles. The van der Waals surface area contributed by atoms with Gasteiger partial charge in [0.05, 0.1) is 6.07 Å². The highest BCUT2D eigenvalue weighted by atomic mass is 19.4. The Morgan fingerprint density at radius 3 is 2.26 bits per heavy atom. The number of hydrogen-bond acceptors (Lipinski definition) is 3. The fourth-order valence-corrected chi connectivity index (χ4v) is 2.33. The quantitative estimate of drug-likeness (QED) is 0.568. The largest absolute Gasteiger partial charge is 0.434 e. The molecule has 23 heavy (non-hydrogen) atoms. The first kappa shape index (κ1) is 19.0. The molecule has 3 nitrogen and oxygen atoms in total. The SMILES string of the molecule is CC(C)Cc1c(C=O)c(C(F)(F)F)nc(C(F)F)c1CCC#N. The van der Waals surface area contributed by atoms with Gasteiger partial charge in [-0.15, -0.1) is 0 Å². The van der Waals surface area contributed by atoms with E-state index in [1.54, 1.807) is 19.9 Å². The monoisotopic (exact) mass is 334 g/mol. The van der Waals surface area contributed by atoms with Crippen LogP contribution in [0.3, 0.4) is 0 Å². The average Bonchev–Trinajstić information content (AvgIpc) is 2.42. The molecule has 1 aromatic rings. The van der Waals surface area contributed by atoms with Gasteiger partial charge in [-0.25, -0.2) is 13.8 Å². The minimum Gasteiger partial charge on any atom is -0.298 e. The van der Waals surface area contributed by atoms with Crippen LogP contribution in [-0.2, 0) is 19.0 Å². The van der Waals surface area contributed by atoms with Crippen LogP contribution < -0.4 is 0 Å². The molecule has 0 bridgehead atoms. The zero-order chi connectivity index (χ0) is 17.8. The Labute approximate surface area is 130 Å². The van der Waals surface area contributed by atoms with Gasteiger partial charge in [0.15, 0.2) is 12.0 Å². The van der Waals surface area contributed by atoms with Gasteiger partial charge in [0.1, 0.15) is 5.69 Å². The Bertz CT molecular complexity index is 618. The molecule has 0 N–H and O–H groups in total. The lowest BCUT2D eigenvalue weighted by atomic mass is 9.89. The van der Waals surface area contributed by atoms with Crippen LogP contribution in [0.5, 0.6) is 0 Å². The topological polar surface area (TPSA) is 53.8 Å². The number of halogens is 5. The van der Waals surface area contributed by atoms with Gasteiger partial charge in [-0.3, -0.25) is 4.79 Å². The van der Waals surface area contributed by atoms with Crippen molar-refractivity contribution in [3.05, 3.63) is 28.1 Å². The summed E-state index contributed by atoms with van der Waals surface area (Å²) in [5, 5.41) is 8.63. The van der Waals surface area contributed by atoms with Crippen molar-refractivity contribution in [2.75, 3.05) is 0 Å². The second kappa shape index (κ2) is 7.49. The van der Waals surface area contributed by atoms with E-state index in [0.717, 1.165) is 0 Å². The van der Waals surface area contributed by atoms with Crippen molar-refractivity contribution in [1.82, 2.24) is 4.98 Å². The van der Waals surface area contributed by atoms with E-state index >= 15 is 0 Å². The van der Waals surface area contributed by atoms with Gasteiger partial charge in [0.25, 0.3) is 6.43 Å². The van der Waals surface area contributed by atoms with Gasteiger partial charge in [-0.2, -0.15) is 18.4 Å². The van der Waals surface area contributed by atoms with Gasteiger partial charge in [0.2, 0.25) is 0 Å². The normalized spacial score (nSPS) is 11.8. The Hall–Kier alpha value is -2.04. The van der Waals surface area contributed by atoms with Crippen molar-refractivity contribution in [1.29, 1.82) is 5.26 Å². The van der Waals surface area contributed by atoms with Gasteiger partial charge < -0.3 is 0 Å². The van der Waals surface area contributed by atoms with Crippen molar-refractivity contribution in [2.24, 2.45) is 5.92 Å². The molecule has 0 aliphatic rings. The number of alkyl halides is 5. The minimum atomic E-state index is -5.01. The molecule has 0 saturated heterocycles. The zero-order valence-electron chi connectivity index (χ0n) is 12.5. The number of aromatic nitrogens is 1. The van der Waals surface area contributed by atoms with Gasteiger partial charge >= 0.3 is 6.18 Å². The number of carbonyl (C=O) groups is 1. The molecule has 0 radical (unpaired) electrons. The minimum absolute atomic E-state index is 0.00133. The number of rotatable bonds is 6. The maximum Gasteiger partial charge on any atom is 0.434 e. The lowest BCUT2D eigenvalue weighted by molar-refractivity contribution is -0.141. The van der Waals surface area contributed by atoms with E-state index < -0.39 is 29.6 Å². The average molecular weight is 334 g/mol. The maximum absolute atomic E-state index is 13.2. The van der Waals surface area contributed by atoms with E-state index in [4.69, 9.17) is 5.26 Å². The Balaban J connectivity index is 3.77. The number of pyridine rings is 1. The van der Waals surface area contributed by atoms with Crippen LogP contribution in [-0.4, -0.2) is 11.3 Å². The van der Waals surface area contributed by atoms with Crippen LogP contribution >= 0.6 is 0 Å². The molecule has 0 atom stereocenters. The van der Waals surface area contributed by atoms with E-state index in [2.05, 4.69) is 4.98 Å². The fourth-order valence-electron chi connectivity index (χ4n) is 2.33. The van der Waals surface area contributed by atoms with Gasteiger partial charge in [0, 0.05) is 12.0 Å². The van der Waals surface area contributed by atoms with Crippen molar-refractivity contribution >= 4 is 6.29 Å². The summed E-state index contributed by atoms with van der Waals surface area (Å²) in [5.41, 5.74) is -3.55. The highest BCUT2D eigenvalue weighted by Crippen LogP contribution is 2.37. The Kier molecular flexibility index (Phi) is 6.19. The summed E-state index contributed by atoms with van der Waals surface area (Å²) in [7, 11) is 0. The second-order valence-corrected chi connectivity index (χ2v) is 5.39. The number of nitriles is 1. The molecule has 0 spiro atoms. The first-order chi connectivity index (χ1) is 10.6. The van der Waals surface area contributed by atoms with Crippen LogP contribution in [0.15, 0.2) is 0 Å². The van der Waals surface area contributed by atoms with E-state index in [-0.39, 0.29) is 42.6 Å². The first-order valence-corrected chi connectivity index (χ1v) is 6.86. The number of nitrogens with zero attached hydrogens (tertiary/aromatic N) is 2. The Morgan fingerprint density at radius 2 is 1.87 bits per heavy atom. The van der Waals surface area contributed by atoms with Crippen LogP contribution in [0.25, 0.3) is 0 Å². The van der Waals surface area contributed by atoms with Crippen LogP contribution in [0, 0.1) is 17.2 Å². The smallest absolute Gasteiger partial charge is 0.298 e. The van der Waals surface area contributed by atoms with E-state index in [9.17, 15) is 26.7 Å². The molecule has 126 valence electrons. The molecular formula is C15H15F5N2O. The van der Waals surface area contributed by atoms with Crippen LogP contribution in [0.1, 0.15) is 59.6 Å². The number of hydrogen-bond donors (Lipinski definition) is 0. The molecule has 0 unspecified atom stereocenters. The predicted molar refractivity (Wildman–Crippen MR) is 72.1 cm³/mol. The third-order valence-electron chi connectivity index (χ3n) is 3.18. The summed E-state index contributed by atoms with van der Waals surface area (Å²) < 4.78 is 65.5. The lowest BCUT2D eigenvalue weighted by Gasteiger charge is -2.20. The Morgan fingerprint density at radius 1 is 1.26 bits per heavy atom. The molecule has 0 aliphatic heterocycles.